The number of benzene rings is 1. The Morgan fingerprint density at radius 2 is 1.96 bits per heavy atom. The molecule has 3 heterocycles. The molecule has 0 spiro atoms. The standard InChI is InChI=1S/C20H15ClN4O3/c21-15-3-1-2-4-17(15)27-12-14-5-6-18(28-14)20(26)23-19-11-16(24-25-19)13-7-9-22-10-8-13/h1-11H,12H2,(H2,23,24,25,26). The molecule has 0 saturated heterocycles. The number of aromatic nitrogens is 3. The van der Waals surface area contributed by atoms with Gasteiger partial charge in [0.25, 0.3) is 5.91 Å². The highest BCUT2D eigenvalue weighted by Crippen LogP contribution is 2.24. The summed E-state index contributed by atoms with van der Waals surface area (Å²) in [4.78, 5) is 16.3. The van der Waals surface area contributed by atoms with Crippen LogP contribution in [-0.4, -0.2) is 21.1 Å². The molecule has 0 aliphatic heterocycles. The molecule has 140 valence electrons. The fourth-order valence-corrected chi connectivity index (χ4v) is 2.72. The highest BCUT2D eigenvalue weighted by atomic mass is 35.5. The molecular weight excluding hydrogens is 380 g/mol. The van der Waals surface area contributed by atoms with Crippen LogP contribution in [0, 0.1) is 0 Å². The second-order valence-electron chi connectivity index (χ2n) is 5.84. The van der Waals surface area contributed by atoms with Gasteiger partial charge in [0.05, 0.1) is 10.7 Å². The lowest BCUT2D eigenvalue weighted by molar-refractivity contribution is 0.0992. The minimum Gasteiger partial charge on any atom is -0.484 e. The van der Waals surface area contributed by atoms with E-state index in [1.54, 1.807) is 42.7 Å². The number of hydrogen-bond donors (Lipinski definition) is 2. The van der Waals surface area contributed by atoms with E-state index in [0.717, 1.165) is 11.3 Å². The second-order valence-corrected chi connectivity index (χ2v) is 6.25. The van der Waals surface area contributed by atoms with Crippen molar-refractivity contribution in [2.24, 2.45) is 0 Å². The summed E-state index contributed by atoms with van der Waals surface area (Å²) in [6.07, 6.45) is 3.37. The topological polar surface area (TPSA) is 93.0 Å². The number of carbonyl (C=O) groups excluding carboxylic acids is 1. The molecule has 0 bridgehead atoms. The SMILES string of the molecule is O=C(Nc1cc(-c2ccncc2)[nH]n1)c1ccc(COc2ccccc2Cl)o1. The molecule has 0 aliphatic carbocycles. The third-order valence-electron chi connectivity index (χ3n) is 3.90. The van der Waals surface area contributed by atoms with Crippen LogP contribution in [-0.2, 0) is 6.61 Å². The highest BCUT2D eigenvalue weighted by molar-refractivity contribution is 6.32. The van der Waals surface area contributed by atoms with Gasteiger partial charge in [0, 0.05) is 24.0 Å². The number of halogens is 1. The first-order chi connectivity index (χ1) is 13.7. The van der Waals surface area contributed by atoms with E-state index in [9.17, 15) is 4.79 Å². The van der Waals surface area contributed by atoms with Crippen LogP contribution in [0.15, 0.2) is 71.4 Å². The number of anilines is 1. The minimum atomic E-state index is -0.406. The first-order valence-electron chi connectivity index (χ1n) is 8.42. The van der Waals surface area contributed by atoms with Crippen LogP contribution in [0.4, 0.5) is 5.82 Å². The van der Waals surface area contributed by atoms with E-state index in [1.807, 2.05) is 24.3 Å². The lowest BCUT2D eigenvalue weighted by atomic mass is 10.2. The van der Waals surface area contributed by atoms with Crippen molar-refractivity contribution in [1.29, 1.82) is 0 Å². The molecule has 8 heteroatoms. The van der Waals surface area contributed by atoms with Crippen molar-refractivity contribution in [3.63, 3.8) is 0 Å². The Kier molecular flexibility index (Phi) is 5.07. The Hall–Kier alpha value is -3.58. The predicted octanol–water partition coefficient (Wildman–Crippen LogP) is 4.55. The van der Waals surface area contributed by atoms with Gasteiger partial charge in [-0.25, -0.2) is 0 Å². The Bertz CT molecular complexity index is 1090. The molecule has 1 amide bonds. The van der Waals surface area contributed by atoms with Gasteiger partial charge in [0.2, 0.25) is 0 Å². The molecular formula is C20H15ClN4O3. The quantitative estimate of drug-likeness (QED) is 0.500. The molecule has 7 nitrogen and oxygen atoms in total. The number of carbonyl (C=O) groups is 1. The zero-order valence-electron chi connectivity index (χ0n) is 14.6. The van der Waals surface area contributed by atoms with E-state index in [-0.39, 0.29) is 12.4 Å². The van der Waals surface area contributed by atoms with Crippen molar-refractivity contribution in [3.05, 3.63) is 83.5 Å². The van der Waals surface area contributed by atoms with Crippen molar-refractivity contribution in [3.8, 4) is 17.0 Å². The van der Waals surface area contributed by atoms with Crippen LogP contribution in [0.1, 0.15) is 16.3 Å². The van der Waals surface area contributed by atoms with Crippen molar-refractivity contribution < 1.29 is 13.9 Å². The number of para-hydroxylation sites is 1. The van der Waals surface area contributed by atoms with Gasteiger partial charge in [-0.3, -0.25) is 14.9 Å². The molecule has 1 aromatic carbocycles. The smallest absolute Gasteiger partial charge is 0.292 e. The lowest BCUT2D eigenvalue weighted by Crippen LogP contribution is -2.11. The molecule has 2 N–H and O–H groups in total. The van der Waals surface area contributed by atoms with Crippen LogP contribution in [0.25, 0.3) is 11.3 Å². The van der Waals surface area contributed by atoms with E-state index in [4.69, 9.17) is 20.8 Å². The van der Waals surface area contributed by atoms with Crippen LogP contribution < -0.4 is 10.1 Å². The average molecular weight is 395 g/mol. The number of ether oxygens (including phenoxy) is 1. The number of nitrogens with zero attached hydrogens (tertiary/aromatic N) is 2. The predicted molar refractivity (Wildman–Crippen MR) is 104 cm³/mol. The van der Waals surface area contributed by atoms with Crippen LogP contribution in [0.5, 0.6) is 5.75 Å². The van der Waals surface area contributed by atoms with Crippen molar-refractivity contribution >= 4 is 23.3 Å². The molecule has 3 aromatic heterocycles. The Labute approximate surface area is 165 Å². The first-order valence-corrected chi connectivity index (χ1v) is 8.80. The summed E-state index contributed by atoms with van der Waals surface area (Å²) in [5.74, 6) is 1.20. The summed E-state index contributed by atoms with van der Waals surface area (Å²) < 4.78 is 11.2. The average Bonchev–Trinajstić information content (AvgIpc) is 3.38. The maximum atomic E-state index is 12.4. The molecule has 0 radical (unpaired) electrons. The number of amides is 1. The van der Waals surface area contributed by atoms with Crippen molar-refractivity contribution in [1.82, 2.24) is 15.2 Å². The summed E-state index contributed by atoms with van der Waals surface area (Å²) in [6.45, 7) is 0.158. The maximum absolute atomic E-state index is 12.4. The number of pyridine rings is 1. The third kappa shape index (κ3) is 4.05. The summed E-state index contributed by atoms with van der Waals surface area (Å²) in [7, 11) is 0. The summed E-state index contributed by atoms with van der Waals surface area (Å²) in [5.41, 5.74) is 1.69. The van der Waals surface area contributed by atoms with Gasteiger partial charge in [-0.1, -0.05) is 23.7 Å². The number of nitrogens with one attached hydrogen (secondary N) is 2. The van der Waals surface area contributed by atoms with Crippen LogP contribution in [0.2, 0.25) is 5.02 Å². The molecule has 28 heavy (non-hydrogen) atoms. The highest BCUT2D eigenvalue weighted by Gasteiger charge is 2.14. The lowest BCUT2D eigenvalue weighted by Gasteiger charge is -2.05. The molecule has 0 atom stereocenters. The molecule has 0 aliphatic rings. The zero-order valence-corrected chi connectivity index (χ0v) is 15.3. The summed E-state index contributed by atoms with van der Waals surface area (Å²) >= 11 is 6.05. The van der Waals surface area contributed by atoms with E-state index in [2.05, 4.69) is 20.5 Å². The second kappa shape index (κ2) is 7.98. The molecule has 0 unspecified atom stereocenters. The monoisotopic (exact) mass is 394 g/mol. The van der Waals surface area contributed by atoms with Gasteiger partial charge in [-0.15, -0.1) is 0 Å². The Morgan fingerprint density at radius 3 is 2.79 bits per heavy atom. The van der Waals surface area contributed by atoms with Gasteiger partial charge >= 0.3 is 0 Å². The Balaban J connectivity index is 1.38. The summed E-state index contributed by atoms with van der Waals surface area (Å²) in [6, 6.07) is 15.8. The van der Waals surface area contributed by atoms with Gasteiger partial charge in [0.1, 0.15) is 18.1 Å². The maximum Gasteiger partial charge on any atom is 0.292 e. The fraction of sp³-hybridized carbons (Fsp3) is 0.0500. The van der Waals surface area contributed by atoms with Crippen molar-refractivity contribution in [2.75, 3.05) is 5.32 Å². The number of rotatable bonds is 6. The molecule has 4 aromatic rings. The van der Waals surface area contributed by atoms with E-state index < -0.39 is 5.91 Å². The zero-order chi connectivity index (χ0) is 19.3. The molecule has 0 fully saturated rings. The number of furan rings is 1. The number of hydrogen-bond acceptors (Lipinski definition) is 5. The largest absolute Gasteiger partial charge is 0.484 e. The van der Waals surface area contributed by atoms with Crippen LogP contribution >= 0.6 is 11.6 Å². The van der Waals surface area contributed by atoms with E-state index >= 15 is 0 Å². The fourth-order valence-electron chi connectivity index (χ4n) is 2.53. The summed E-state index contributed by atoms with van der Waals surface area (Å²) in [5, 5.41) is 10.2. The third-order valence-corrected chi connectivity index (χ3v) is 4.22. The van der Waals surface area contributed by atoms with Gasteiger partial charge in [-0.2, -0.15) is 5.10 Å². The molecule has 0 saturated carbocycles. The minimum absolute atomic E-state index is 0.158. The molecule has 4 rings (SSSR count). The Morgan fingerprint density at radius 1 is 1.14 bits per heavy atom. The van der Waals surface area contributed by atoms with Gasteiger partial charge in [-0.05, 0) is 36.4 Å². The number of aromatic amines is 1. The van der Waals surface area contributed by atoms with E-state index in [1.165, 1.54) is 0 Å². The first kappa shape index (κ1) is 17.8. The van der Waals surface area contributed by atoms with E-state index in [0.29, 0.717) is 22.4 Å². The van der Waals surface area contributed by atoms with Crippen molar-refractivity contribution in [2.45, 2.75) is 6.61 Å². The normalized spacial score (nSPS) is 10.6. The van der Waals surface area contributed by atoms with Gasteiger partial charge < -0.3 is 14.5 Å². The van der Waals surface area contributed by atoms with Gasteiger partial charge in [0.15, 0.2) is 11.6 Å². The number of H-pyrrole nitrogens is 1. The van der Waals surface area contributed by atoms with Crippen LogP contribution in [0.3, 0.4) is 0 Å².